The van der Waals surface area contributed by atoms with Crippen molar-refractivity contribution in [3.05, 3.63) is 253 Å². The summed E-state index contributed by atoms with van der Waals surface area (Å²) in [5.41, 5.74) is 16.5. The lowest BCUT2D eigenvalue weighted by molar-refractivity contribution is 0.620. The Labute approximate surface area is 369 Å². The van der Waals surface area contributed by atoms with Gasteiger partial charge in [0.1, 0.15) is 11.1 Å². The topological polar surface area (TPSA) is 42.4 Å². The van der Waals surface area contributed by atoms with E-state index >= 15 is 0 Å². The Morgan fingerprint density at radius 3 is 1.70 bits per heavy atom. The van der Waals surface area contributed by atoms with Crippen molar-refractivity contribution >= 4 is 60.9 Å². The van der Waals surface area contributed by atoms with Gasteiger partial charge in [0.15, 0.2) is 11.2 Å². The molecule has 0 bridgehead atoms. The van der Waals surface area contributed by atoms with Gasteiger partial charge in [-0.15, -0.1) is 0 Å². The van der Waals surface area contributed by atoms with Crippen molar-refractivity contribution in [3.8, 4) is 33.7 Å². The molecule has 10 aromatic carbocycles. The van der Waals surface area contributed by atoms with E-state index in [1.807, 2.05) is 36.4 Å². The molecule has 0 radical (unpaired) electrons. The molecule has 0 unspecified atom stereocenters. The zero-order chi connectivity index (χ0) is 42.2. The zero-order valence-electron chi connectivity index (χ0n) is 34.7. The smallest absolute Gasteiger partial charge is 0.227 e. The van der Waals surface area contributed by atoms with Gasteiger partial charge in [-0.3, -0.25) is 0 Å². The molecular formula is C60H38N2O2. The van der Waals surface area contributed by atoms with Crippen LogP contribution in [0.5, 0.6) is 0 Å². The van der Waals surface area contributed by atoms with Crippen LogP contribution >= 0.6 is 0 Å². The van der Waals surface area contributed by atoms with Crippen molar-refractivity contribution < 1.29 is 8.83 Å². The second-order valence-corrected chi connectivity index (χ2v) is 16.6. The van der Waals surface area contributed by atoms with E-state index in [-0.39, 0.29) is 0 Å². The average Bonchev–Trinajstić information content (AvgIpc) is 4.06. The van der Waals surface area contributed by atoms with E-state index in [0.717, 1.165) is 72.0 Å². The van der Waals surface area contributed by atoms with Gasteiger partial charge in [0.25, 0.3) is 0 Å². The van der Waals surface area contributed by atoms with Crippen molar-refractivity contribution in [2.24, 2.45) is 0 Å². The summed E-state index contributed by atoms with van der Waals surface area (Å²) in [5, 5.41) is 4.22. The molecule has 1 aliphatic rings. The Morgan fingerprint density at radius 1 is 0.391 bits per heavy atom. The minimum Gasteiger partial charge on any atom is -0.454 e. The summed E-state index contributed by atoms with van der Waals surface area (Å²) in [6.45, 7) is 0. The van der Waals surface area contributed by atoms with E-state index < -0.39 is 5.41 Å². The lowest BCUT2D eigenvalue weighted by atomic mass is 9.68. The Balaban J connectivity index is 1.04. The first-order valence-electron chi connectivity index (χ1n) is 21.8. The maximum atomic E-state index is 7.02. The Morgan fingerprint density at radius 2 is 0.969 bits per heavy atom. The van der Waals surface area contributed by atoms with Gasteiger partial charge >= 0.3 is 0 Å². The molecule has 2 heterocycles. The lowest BCUT2D eigenvalue weighted by Crippen LogP contribution is -2.28. The van der Waals surface area contributed by atoms with E-state index in [4.69, 9.17) is 13.8 Å². The van der Waals surface area contributed by atoms with Crippen LogP contribution in [0.25, 0.3) is 77.5 Å². The third-order valence-electron chi connectivity index (χ3n) is 13.2. The number of hydrogen-bond acceptors (Lipinski definition) is 4. The third-order valence-corrected chi connectivity index (χ3v) is 13.2. The molecule has 0 fully saturated rings. The molecule has 13 rings (SSSR count). The van der Waals surface area contributed by atoms with E-state index in [0.29, 0.717) is 5.89 Å². The highest BCUT2D eigenvalue weighted by atomic mass is 16.3. The first-order valence-corrected chi connectivity index (χ1v) is 21.8. The van der Waals surface area contributed by atoms with Gasteiger partial charge in [0.2, 0.25) is 5.89 Å². The third kappa shape index (κ3) is 5.46. The minimum absolute atomic E-state index is 0.507. The molecular weight excluding hydrogens is 781 g/mol. The molecule has 4 nitrogen and oxygen atoms in total. The molecule has 0 atom stereocenters. The highest BCUT2D eigenvalue weighted by Gasteiger charge is 2.45. The van der Waals surface area contributed by atoms with Crippen LogP contribution < -0.4 is 4.90 Å². The number of oxazole rings is 1. The highest BCUT2D eigenvalue weighted by Crippen LogP contribution is 2.56. The lowest BCUT2D eigenvalue weighted by Gasteiger charge is -2.34. The fourth-order valence-corrected chi connectivity index (χ4v) is 10.3. The van der Waals surface area contributed by atoms with Crippen LogP contribution in [-0.4, -0.2) is 4.98 Å². The predicted molar refractivity (Wildman–Crippen MR) is 262 cm³/mol. The van der Waals surface area contributed by atoms with E-state index in [1.165, 1.54) is 38.9 Å². The quantitative estimate of drug-likeness (QED) is 0.161. The average molecular weight is 819 g/mol. The van der Waals surface area contributed by atoms with E-state index in [1.54, 1.807) is 0 Å². The largest absolute Gasteiger partial charge is 0.454 e. The number of hydrogen-bond donors (Lipinski definition) is 0. The predicted octanol–water partition coefficient (Wildman–Crippen LogP) is 16.0. The van der Waals surface area contributed by atoms with E-state index in [9.17, 15) is 0 Å². The molecule has 64 heavy (non-hydrogen) atoms. The molecule has 0 saturated carbocycles. The molecule has 0 N–H and O–H groups in total. The molecule has 0 saturated heterocycles. The SMILES string of the molecule is c1ccc(-c2ccc(N(c3ccc(C4(c5ccccc5)c5ccccc5-c5ccccc54)cc3)c3c4ccccc4cc4c3oc3ccc(-c5nc6ccccc6o5)cc34)cc2)cc1. The first kappa shape index (κ1) is 36.2. The van der Waals surface area contributed by atoms with Crippen LogP contribution in [0.2, 0.25) is 0 Å². The van der Waals surface area contributed by atoms with Crippen molar-refractivity contribution in [2.45, 2.75) is 5.41 Å². The van der Waals surface area contributed by atoms with Gasteiger partial charge < -0.3 is 13.7 Å². The zero-order valence-corrected chi connectivity index (χ0v) is 34.7. The molecule has 0 amide bonds. The van der Waals surface area contributed by atoms with Crippen LogP contribution in [0.15, 0.2) is 239 Å². The molecule has 12 aromatic rings. The molecule has 0 aliphatic heterocycles. The number of anilines is 3. The normalized spacial score (nSPS) is 12.8. The maximum Gasteiger partial charge on any atom is 0.227 e. The fraction of sp³-hybridized carbons (Fsp3) is 0.0167. The monoisotopic (exact) mass is 818 g/mol. The van der Waals surface area contributed by atoms with Gasteiger partial charge in [0, 0.05) is 33.1 Å². The van der Waals surface area contributed by atoms with E-state index in [2.05, 4.69) is 199 Å². The summed E-state index contributed by atoms with van der Waals surface area (Å²) in [5.74, 6) is 0.583. The first-order chi connectivity index (χ1) is 31.7. The van der Waals surface area contributed by atoms with Crippen LogP contribution in [0.4, 0.5) is 17.1 Å². The van der Waals surface area contributed by atoms with Crippen molar-refractivity contribution in [2.75, 3.05) is 4.90 Å². The van der Waals surface area contributed by atoms with Gasteiger partial charge in [0.05, 0.1) is 11.1 Å². The summed E-state index contributed by atoms with van der Waals surface area (Å²) >= 11 is 0. The van der Waals surface area contributed by atoms with Gasteiger partial charge in [-0.1, -0.05) is 170 Å². The fourth-order valence-electron chi connectivity index (χ4n) is 10.3. The van der Waals surface area contributed by atoms with Crippen molar-refractivity contribution in [3.63, 3.8) is 0 Å². The van der Waals surface area contributed by atoms with Crippen LogP contribution in [0.3, 0.4) is 0 Å². The second kappa shape index (κ2) is 14.3. The number of aromatic nitrogens is 1. The number of benzene rings is 10. The number of furan rings is 1. The van der Waals surface area contributed by atoms with Gasteiger partial charge in [-0.2, -0.15) is 0 Å². The molecule has 1 aliphatic carbocycles. The summed E-state index contributed by atoms with van der Waals surface area (Å²) < 4.78 is 13.3. The Hall–Kier alpha value is -8.47. The summed E-state index contributed by atoms with van der Waals surface area (Å²) in [4.78, 5) is 7.21. The minimum atomic E-state index is -0.507. The molecule has 0 spiro atoms. The maximum absolute atomic E-state index is 7.02. The number of nitrogens with zero attached hydrogens (tertiary/aromatic N) is 2. The Bertz CT molecular complexity index is 3640. The Kier molecular flexibility index (Phi) is 8.09. The highest BCUT2D eigenvalue weighted by molar-refractivity contribution is 6.19. The number of rotatable bonds is 7. The standard InChI is InChI=1S/C60H38N2O2/c1-3-15-39(16-4-1)40-27-32-45(33-28-40)62(46-34-30-44(31-35-46)60(43-18-5-2-6-19-43)52-23-11-9-21-48(52)49-22-10-12-24-53(49)60)57-47-20-8-7-17-41(47)37-51-50-38-42(29-36-55(50)63-58(51)57)59-61-54-25-13-14-26-56(54)64-59/h1-38H. The van der Waals surface area contributed by atoms with Crippen LogP contribution in [0.1, 0.15) is 22.3 Å². The number of para-hydroxylation sites is 2. The van der Waals surface area contributed by atoms with Crippen molar-refractivity contribution in [1.29, 1.82) is 0 Å². The second-order valence-electron chi connectivity index (χ2n) is 16.6. The summed E-state index contributed by atoms with van der Waals surface area (Å²) in [6.07, 6.45) is 0. The van der Waals surface area contributed by atoms with Gasteiger partial charge in [-0.05, 0) is 111 Å². The van der Waals surface area contributed by atoms with Gasteiger partial charge in [-0.25, -0.2) is 4.98 Å². The molecule has 300 valence electrons. The van der Waals surface area contributed by atoms with Crippen LogP contribution in [0, 0.1) is 0 Å². The van der Waals surface area contributed by atoms with Crippen molar-refractivity contribution in [1.82, 2.24) is 4.98 Å². The summed E-state index contributed by atoms with van der Waals surface area (Å²) in [6, 6.07) is 82.5. The number of fused-ring (bicyclic) bond motifs is 8. The summed E-state index contributed by atoms with van der Waals surface area (Å²) in [7, 11) is 0. The molecule has 4 heteroatoms. The molecule has 2 aromatic heterocycles. The van der Waals surface area contributed by atoms with Crippen LogP contribution in [-0.2, 0) is 5.41 Å².